The maximum atomic E-state index is 6.06. The summed E-state index contributed by atoms with van der Waals surface area (Å²) in [6.45, 7) is 8.69. The van der Waals surface area contributed by atoms with Crippen molar-refractivity contribution in [2.45, 2.75) is 46.1 Å². The molecule has 1 unspecified atom stereocenters. The van der Waals surface area contributed by atoms with Crippen LogP contribution in [0.25, 0.3) is 0 Å². The molecule has 0 aromatic heterocycles. The third-order valence-electron chi connectivity index (χ3n) is 2.81. The maximum absolute atomic E-state index is 6.06. The van der Waals surface area contributed by atoms with E-state index in [2.05, 4.69) is 45.9 Å². The highest BCUT2D eigenvalue weighted by molar-refractivity contribution is 5.34. The monoisotopic (exact) mass is 191 g/mol. The molecule has 1 heteroatoms. The Morgan fingerprint density at radius 2 is 1.93 bits per heavy atom. The van der Waals surface area contributed by atoms with E-state index >= 15 is 0 Å². The van der Waals surface area contributed by atoms with Crippen molar-refractivity contribution in [2.75, 3.05) is 0 Å². The van der Waals surface area contributed by atoms with E-state index in [1.165, 1.54) is 16.7 Å². The average Bonchev–Trinajstić information content (AvgIpc) is 2.17. The number of rotatable bonds is 3. The molecule has 0 bridgehead atoms. The van der Waals surface area contributed by atoms with Gasteiger partial charge < -0.3 is 5.73 Å². The van der Waals surface area contributed by atoms with E-state index in [4.69, 9.17) is 5.73 Å². The first-order valence-corrected chi connectivity index (χ1v) is 5.42. The van der Waals surface area contributed by atoms with Crippen molar-refractivity contribution in [1.29, 1.82) is 0 Å². The minimum Gasteiger partial charge on any atom is -0.324 e. The Morgan fingerprint density at radius 3 is 2.43 bits per heavy atom. The minimum atomic E-state index is 0.189. The van der Waals surface area contributed by atoms with Gasteiger partial charge in [0, 0.05) is 6.04 Å². The molecular formula is C13H21N. The largest absolute Gasteiger partial charge is 0.324 e. The lowest BCUT2D eigenvalue weighted by Crippen LogP contribution is -2.10. The van der Waals surface area contributed by atoms with Crippen molar-refractivity contribution < 1.29 is 0 Å². The van der Waals surface area contributed by atoms with Crippen LogP contribution in [0.15, 0.2) is 18.2 Å². The lowest BCUT2D eigenvalue weighted by Gasteiger charge is -2.15. The van der Waals surface area contributed by atoms with Gasteiger partial charge in [-0.25, -0.2) is 0 Å². The van der Waals surface area contributed by atoms with E-state index in [-0.39, 0.29) is 6.04 Å². The molecule has 0 spiro atoms. The second-order valence-electron chi connectivity index (χ2n) is 4.29. The maximum Gasteiger partial charge on any atom is 0.0294 e. The fourth-order valence-electron chi connectivity index (χ4n) is 1.64. The van der Waals surface area contributed by atoms with Crippen molar-refractivity contribution >= 4 is 0 Å². The van der Waals surface area contributed by atoms with Gasteiger partial charge in [-0.05, 0) is 36.0 Å². The topological polar surface area (TPSA) is 26.0 Å². The van der Waals surface area contributed by atoms with Gasteiger partial charge in [-0.2, -0.15) is 0 Å². The molecule has 1 nitrogen and oxygen atoms in total. The summed E-state index contributed by atoms with van der Waals surface area (Å²) < 4.78 is 0. The molecule has 78 valence electrons. The standard InChI is InChI=1S/C13H21N/c1-5-13(14)12-8-11(9(2)3)7-6-10(12)4/h6-9,13H,5,14H2,1-4H3. The molecule has 1 rings (SSSR count). The van der Waals surface area contributed by atoms with Gasteiger partial charge in [-0.15, -0.1) is 0 Å². The van der Waals surface area contributed by atoms with Gasteiger partial charge >= 0.3 is 0 Å². The summed E-state index contributed by atoms with van der Waals surface area (Å²) in [5, 5.41) is 0. The lowest BCUT2D eigenvalue weighted by molar-refractivity contribution is 0.690. The van der Waals surface area contributed by atoms with Crippen LogP contribution in [0.4, 0.5) is 0 Å². The van der Waals surface area contributed by atoms with E-state index in [9.17, 15) is 0 Å². The molecule has 14 heavy (non-hydrogen) atoms. The summed E-state index contributed by atoms with van der Waals surface area (Å²) in [6, 6.07) is 6.83. The fraction of sp³-hybridized carbons (Fsp3) is 0.538. The summed E-state index contributed by atoms with van der Waals surface area (Å²) >= 11 is 0. The van der Waals surface area contributed by atoms with Crippen molar-refractivity contribution in [3.63, 3.8) is 0 Å². The van der Waals surface area contributed by atoms with Crippen LogP contribution in [0.5, 0.6) is 0 Å². The van der Waals surface area contributed by atoms with E-state index < -0.39 is 0 Å². The molecule has 0 saturated carbocycles. The molecule has 0 radical (unpaired) electrons. The zero-order valence-corrected chi connectivity index (χ0v) is 9.67. The SMILES string of the molecule is CCC(N)c1cc(C(C)C)ccc1C. The zero-order valence-electron chi connectivity index (χ0n) is 9.67. The molecule has 0 heterocycles. The van der Waals surface area contributed by atoms with Crippen LogP contribution in [-0.2, 0) is 0 Å². The Labute approximate surface area is 87.3 Å². The number of hydrogen-bond donors (Lipinski definition) is 1. The van der Waals surface area contributed by atoms with Crippen molar-refractivity contribution in [3.8, 4) is 0 Å². The average molecular weight is 191 g/mol. The molecule has 0 saturated heterocycles. The summed E-state index contributed by atoms with van der Waals surface area (Å²) in [7, 11) is 0. The van der Waals surface area contributed by atoms with Crippen LogP contribution >= 0.6 is 0 Å². The van der Waals surface area contributed by atoms with Crippen LogP contribution in [0, 0.1) is 6.92 Å². The summed E-state index contributed by atoms with van der Waals surface area (Å²) in [4.78, 5) is 0. The van der Waals surface area contributed by atoms with Crippen LogP contribution in [-0.4, -0.2) is 0 Å². The predicted octanol–water partition coefficient (Wildman–Crippen LogP) is 3.53. The number of benzene rings is 1. The highest BCUT2D eigenvalue weighted by Crippen LogP contribution is 2.23. The van der Waals surface area contributed by atoms with E-state index in [1.807, 2.05) is 0 Å². The lowest BCUT2D eigenvalue weighted by atomic mass is 9.93. The van der Waals surface area contributed by atoms with Crippen molar-refractivity contribution in [1.82, 2.24) is 0 Å². The zero-order chi connectivity index (χ0) is 10.7. The van der Waals surface area contributed by atoms with Gasteiger partial charge in [-0.1, -0.05) is 39.0 Å². The van der Waals surface area contributed by atoms with Gasteiger partial charge in [-0.3, -0.25) is 0 Å². The Hall–Kier alpha value is -0.820. The van der Waals surface area contributed by atoms with E-state index in [1.54, 1.807) is 0 Å². The molecule has 0 amide bonds. The van der Waals surface area contributed by atoms with E-state index in [0.717, 1.165) is 6.42 Å². The minimum absolute atomic E-state index is 0.189. The first-order chi connectivity index (χ1) is 6.56. The quantitative estimate of drug-likeness (QED) is 0.777. The smallest absolute Gasteiger partial charge is 0.0294 e. The van der Waals surface area contributed by atoms with Gasteiger partial charge in [0.2, 0.25) is 0 Å². The van der Waals surface area contributed by atoms with Gasteiger partial charge in [0.15, 0.2) is 0 Å². The third-order valence-corrected chi connectivity index (χ3v) is 2.81. The second kappa shape index (κ2) is 4.61. The Kier molecular flexibility index (Phi) is 3.70. The fourth-order valence-corrected chi connectivity index (χ4v) is 1.64. The highest BCUT2D eigenvalue weighted by atomic mass is 14.6. The summed E-state index contributed by atoms with van der Waals surface area (Å²) in [6.07, 6.45) is 1.00. The highest BCUT2D eigenvalue weighted by Gasteiger charge is 2.08. The second-order valence-corrected chi connectivity index (χ2v) is 4.29. The molecule has 1 aromatic rings. The van der Waals surface area contributed by atoms with Crippen molar-refractivity contribution in [2.24, 2.45) is 5.73 Å². The molecule has 0 aliphatic carbocycles. The normalized spacial score (nSPS) is 13.3. The Balaban J connectivity index is 3.08. The molecular weight excluding hydrogens is 170 g/mol. The van der Waals surface area contributed by atoms with Gasteiger partial charge in [0.25, 0.3) is 0 Å². The van der Waals surface area contributed by atoms with Crippen molar-refractivity contribution in [3.05, 3.63) is 34.9 Å². The molecule has 2 N–H and O–H groups in total. The number of aryl methyl sites for hydroxylation is 1. The van der Waals surface area contributed by atoms with Gasteiger partial charge in [0.05, 0.1) is 0 Å². The molecule has 0 aliphatic heterocycles. The number of nitrogens with two attached hydrogens (primary N) is 1. The summed E-state index contributed by atoms with van der Waals surface area (Å²) in [5.41, 5.74) is 10.1. The summed E-state index contributed by atoms with van der Waals surface area (Å²) in [5.74, 6) is 0.582. The van der Waals surface area contributed by atoms with E-state index in [0.29, 0.717) is 5.92 Å². The van der Waals surface area contributed by atoms with Crippen LogP contribution in [0.3, 0.4) is 0 Å². The molecule has 0 fully saturated rings. The Bertz CT molecular complexity index is 302. The first kappa shape index (κ1) is 11.3. The first-order valence-electron chi connectivity index (χ1n) is 5.42. The van der Waals surface area contributed by atoms with Crippen LogP contribution in [0.2, 0.25) is 0 Å². The van der Waals surface area contributed by atoms with Crippen LogP contribution in [0.1, 0.15) is 55.8 Å². The molecule has 1 atom stereocenters. The third kappa shape index (κ3) is 2.36. The van der Waals surface area contributed by atoms with Gasteiger partial charge in [0.1, 0.15) is 0 Å². The number of hydrogen-bond acceptors (Lipinski definition) is 1. The Morgan fingerprint density at radius 1 is 1.29 bits per heavy atom. The molecule has 0 aliphatic rings. The molecule has 1 aromatic carbocycles. The van der Waals surface area contributed by atoms with Crippen LogP contribution < -0.4 is 5.73 Å². The predicted molar refractivity (Wildman–Crippen MR) is 62.5 cm³/mol.